The van der Waals surface area contributed by atoms with Crippen molar-refractivity contribution in [2.45, 2.75) is 51.1 Å². The summed E-state index contributed by atoms with van der Waals surface area (Å²) in [6, 6.07) is 8.57. The van der Waals surface area contributed by atoms with Gasteiger partial charge in [-0.1, -0.05) is 26.0 Å². The van der Waals surface area contributed by atoms with Crippen molar-refractivity contribution in [3.05, 3.63) is 53.3 Å². The molecular weight excluding hydrogens is 454 g/mol. The van der Waals surface area contributed by atoms with E-state index in [0.29, 0.717) is 42.9 Å². The number of nitrogens with one attached hydrogen (secondary N) is 1. The fraction of sp³-hybridized carbons (Fsp3) is 0.458. The van der Waals surface area contributed by atoms with Crippen LogP contribution in [0, 0.1) is 0 Å². The van der Waals surface area contributed by atoms with Crippen LogP contribution in [0.2, 0.25) is 0 Å². The lowest BCUT2D eigenvalue weighted by atomic mass is 10.0. The second kappa shape index (κ2) is 9.81. The number of hydrogen-bond acceptors (Lipinski definition) is 6. The number of aromatic nitrogens is 3. The molecular formula is C24H31N5O4S. The van der Waals surface area contributed by atoms with Crippen molar-refractivity contribution in [1.29, 1.82) is 0 Å². The number of benzene rings is 1. The number of rotatable bonds is 7. The van der Waals surface area contributed by atoms with Gasteiger partial charge in [0.2, 0.25) is 10.0 Å². The number of amides is 1. The summed E-state index contributed by atoms with van der Waals surface area (Å²) in [6.07, 6.45) is 1.69. The standard InChI is InChI=1S/C24H31N5O4S/c1-16(2)22-13-20(21-15-26-29(17(3)4)23(21)27-22)24(30)25-14-18-5-7-19(8-6-18)34(31,32)28-9-11-33-12-10-28/h5-8,13,15-17H,9-12,14H2,1-4H3,(H,25,30). The summed E-state index contributed by atoms with van der Waals surface area (Å²) in [5.41, 5.74) is 2.87. The molecule has 0 atom stereocenters. The van der Waals surface area contributed by atoms with E-state index in [1.54, 1.807) is 30.5 Å². The Morgan fingerprint density at radius 1 is 1.12 bits per heavy atom. The van der Waals surface area contributed by atoms with Gasteiger partial charge in [0.05, 0.1) is 35.3 Å². The summed E-state index contributed by atoms with van der Waals surface area (Å²) in [7, 11) is -3.55. The highest BCUT2D eigenvalue weighted by Crippen LogP contribution is 2.24. The molecule has 3 heterocycles. The number of sulfonamides is 1. The molecule has 3 aromatic rings. The van der Waals surface area contributed by atoms with Crippen LogP contribution in [0.4, 0.5) is 0 Å². The fourth-order valence-corrected chi connectivity index (χ4v) is 5.30. The number of carbonyl (C=O) groups is 1. The second-order valence-corrected chi connectivity index (χ2v) is 11.0. The van der Waals surface area contributed by atoms with E-state index in [9.17, 15) is 13.2 Å². The molecule has 1 amide bonds. The van der Waals surface area contributed by atoms with E-state index in [1.165, 1.54) is 4.31 Å². The molecule has 1 saturated heterocycles. The molecule has 0 aliphatic carbocycles. The molecule has 10 heteroatoms. The number of morpholine rings is 1. The van der Waals surface area contributed by atoms with Gasteiger partial charge in [-0.3, -0.25) is 4.79 Å². The zero-order valence-corrected chi connectivity index (χ0v) is 20.8. The van der Waals surface area contributed by atoms with Crippen LogP contribution in [-0.2, 0) is 21.3 Å². The SMILES string of the molecule is CC(C)c1cc(C(=O)NCc2ccc(S(=O)(=O)N3CCOCC3)cc2)c2cnn(C(C)C)c2n1. The molecule has 0 spiro atoms. The topological polar surface area (TPSA) is 106 Å². The summed E-state index contributed by atoms with van der Waals surface area (Å²) >= 11 is 0. The summed E-state index contributed by atoms with van der Waals surface area (Å²) in [5.74, 6) is -0.0601. The van der Waals surface area contributed by atoms with Gasteiger partial charge in [-0.2, -0.15) is 9.40 Å². The maximum Gasteiger partial charge on any atom is 0.252 e. The lowest BCUT2D eigenvalue weighted by Crippen LogP contribution is -2.40. The maximum absolute atomic E-state index is 13.1. The van der Waals surface area contributed by atoms with Crippen molar-refractivity contribution >= 4 is 27.0 Å². The molecule has 1 N–H and O–H groups in total. The summed E-state index contributed by atoms with van der Waals surface area (Å²) < 4.78 is 34.1. The van der Waals surface area contributed by atoms with Gasteiger partial charge in [-0.15, -0.1) is 0 Å². The van der Waals surface area contributed by atoms with Crippen molar-refractivity contribution < 1.29 is 17.9 Å². The molecule has 0 bridgehead atoms. The predicted molar refractivity (Wildman–Crippen MR) is 129 cm³/mol. The monoisotopic (exact) mass is 485 g/mol. The molecule has 34 heavy (non-hydrogen) atoms. The quantitative estimate of drug-likeness (QED) is 0.551. The van der Waals surface area contributed by atoms with Crippen LogP contribution in [0.1, 0.15) is 61.3 Å². The Morgan fingerprint density at radius 3 is 2.41 bits per heavy atom. The van der Waals surface area contributed by atoms with Crippen molar-refractivity contribution in [3.63, 3.8) is 0 Å². The number of fused-ring (bicyclic) bond motifs is 1. The minimum absolute atomic E-state index is 0.121. The Bertz CT molecular complexity index is 1280. The smallest absolute Gasteiger partial charge is 0.252 e. The molecule has 1 aliphatic heterocycles. The predicted octanol–water partition coefficient (Wildman–Crippen LogP) is 3.09. The first kappa shape index (κ1) is 24.3. The van der Waals surface area contributed by atoms with Gasteiger partial charge in [0.1, 0.15) is 0 Å². The Hall–Kier alpha value is -2.82. The number of pyridine rings is 1. The molecule has 182 valence electrons. The van der Waals surface area contributed by atoms with E-state index >= 15 is 0 Å². The van der Waals surface area contributed by atoms with Gasteiger partial charge in [0.25, 0.3) is 5.91 Å². The van der Waals surface area contributed by atoms with Gasteiger partial charge >= 0.3 is 0 Å². The van der Waals surface area contributed by atoms with E-state index in [1.807, 2.05) is 38.4 Å². The Labute approximate surface area is 200 Å². The molecule has 9 nitrogen and oxygen atoms in total. The average molecular weight is 486 g/mol. The number of hydrogen-bond donors (Lipinski definition) is 1. The molecule has 2 aromatic heterocycles. The summed E-state index contributed by atoms with van der Waals surface area (Å²) in [6.45, 7) is 9.92. The van der Waals surface area contributed by atoms with Crippen LogP contribution in [0.25, 0.3) is 11.0 Å². The molecule has 1 aliphatic rings. The molecule has 4 rings (SSSR count). The first-order valence-electron chi connectivity index (χ1n) is 11.5. The van der Waals surface area contributed by atoms with Crippen LogP contribution in [-0.4, -0.2) is 59.7 Å². The van der Waals surface area contributed by atoms with Gasteiger partial charge < -0.3 is 10.1 Å². The van der Waals surface area contributed by atoms with E-state index < -0.39 is 10.0 Å². The van der Waals surface area contributed by atoms with Gasteiger partial charge in [-0.25, -0.2) is 18.1 Å². The molecule has 1 aromatic carbocycles. The second-order valence-electron chi connectivity index (χ2n) is 9.01. The first-order chi connectivity index (χ1) is 16.2. The average Bonchev–Trinajstić information content (AvgIpc) is 3.27. The normalized spacial score (nSPS) is 15.4. The zero-order valence-electron chi connectivity index (χ0n) is 20.0. The van der Waals surface area contributed by atoms with Gasteiger partial charge in [0.15, 0.2) is 5.65 Å². The van der Waals surface area contributed by atoms with Crippen LogP contribution in [0.15, 0.2) is 41.4 Å². The highest BCUT2D eigenvalue weighted by molar-refractivity contribution is 7.89. The van der Waals surface area contributed by atoms with E-state index in [-0.39, 0.29) is 29.3 Å². The fourth-order valence-electron chi connectivity index (χ4n) is 3.89. The van der Waals surface area contributed by atoms with E-state index in [2.05, 4.69) is 10.4 Å². The van der Waals surface area contributed by atoms with Crippen LogP contribution in [0.3, 0.4) is 0 Å². The van der Waals surface area contributed by atoms with E-state index in [4.69, 9.17) is 9.72 Å². The lowest BCUT2D eigenvalue weighted by Gasteiger charge is -2.26. The Morgan fingerprint density at radius 2 is 1.79 bits per heavy atom. The van der Waals surface area contributed by atoms with Crippen molar-refractivity contribution in [2.24, 2.45) is 0 Å². The summed E-state index contributed by atoms with van der Waals surface area (Å²) in [5, 5.41) is 8.10. The maximum atomic E-state index is 13.1. The van der Waals surface area contributed by atoms with Crippen molar-refractivity contribution in [1.82, 2.24) is 24.4 Å². The van der Waals surface area contributed by atoms with Crippen LogP contribution < -0.4 is 5.32 Å². The number of nitrogens with zero attached hydrogens (tertiary/aromatic N) is 4. The first-order valence-corrected chi connectivity index (χ1v) is 13.0. The van der Waals surface area contributed by atoms with Crippen LogP contribution in [0.5, 0.6) is 0 Å². The highest BCUT2D eigenvalue weighted by atomic mass is 32.2. The van der Waals surface area contributed by atoms with Gasteiger partial charge in [-0.05, 0) is 43.5 Å². The summed E-state index contributed by atoms with van der Waals surface area (Å²) in [4.78, 5) is 18.1. The van der Waals surface area contributed by atoms with Gasteiger partial charge in [0, 0.05) is 31.4 Å². The van der Waals surface area contributed by atoms with Crippen molar-refractivity contribution in [3.8, 4) is 0 Å². The molecule has 1 fully saturated rings. The largest absolute Gasteiger partial charge is 0.379 e. The Balaban J connectivity index is 1.52. The van der Waals surface area contributed by atoms with Crippen LogP contribution >= 0.6 is 0 Å². The number of ether oxygens (including phenoxy) is 1. The minimum atomic E-state index is -3.55. The third-order valence-corrected chi connectivity index (χ3v) is 7.81. The molecule has 0 unspecified atom stereocenters. The highest BCUT2D eigenvalue weighted by Gasteiger charge is 2.26. The molecule has 0 saturated carbocycles. The lowest BCUT2D eigenvalue weighted by molar-refractivity contribution is 0.0730. The van der Waals surface area contributed by atoms with E-state index in [0.717, 1.165) is 11.3 Å². The third-order valence-electron chi connectivity index (χ3n) is 5.90. The molecule has 0 radical (unpaired) electrons. The third kappa shape index (κ3) is 4.84. The number of carbonyl (C=O) groups excluding carboxylic acids is 1. The van der Waals surface area contributed by atoms with Crippen molar-refractivity contribution in [2.75, 3.05) is 26.3 Å². The minimum Gasteiger partial charge on any atom is -0.379 e. The zero-order chi connectivity index (χ0) is 24.5. The Kier molecular flexibility index (Phi) is 7.01.